The molecule has 1 fully saturated rings. The zero-order chi connectivity index (χ0) is 8.97. The minimum absolute atomic E-state index is 0.253. The van der Waals surface area contributed by atoms with Crippen molar-refractivity contribution in [2.75, 3.05) is 7.05 Å². The second kappa shape index (κ2) is 4.80. The van der Waals surface area contributed by atoms with Crippen LogP contribution in [0.3, 0.4) is 0 Å². The zero-order valence-corrected chi connectivity index (χ0v) is 7.92. The third-order valence-electron chi connectivity index (χ3n) is 2.53. The summed E-state index contributed by atoms with van der Waals surface area (Å²) >= 11 is 0. The van der Waals surface area contributed by atoms with Gasteiger partial charge in [0.25, 0.3) is 0 Å². The Kier molecular flexibility index (Phi) is 3.98. The van der Waals surface area contributed by atoms with Crippen LogP contribution >= 0.6 is 0 Å². The summed E-state index contributed by atoms with van der Waals surface area (Å²) in [6, 6.07) is 0. The van der Waals surface area contributed by atoms with Crippen LogP contribution in [-0.4, -0.2) is 24.7 Å². The number of rotatable bonds is 3. The Morgan fingerprint density at radius 3 is 2.42 bits per heavy atom. The van der Waals surface area contributed by atoms with Gasteiger partial charge in [0.15, 0.2) is 0 Å². The molecule has 1 aliphatic carbocycles. The van der Waals surface area contributed by atoms with E-state index in [1.807, 2.05) is 0 Å². The molecule has 3 nitrogen and oxygen atoms in total. The number of aliphatic hydroxyl groups excluding tert-OH is 1. The van der Waals surface area contributed by atoms with Crippen molar-refractivity contribution < 1.29 is 9.84 Å². The van der Waals surface area contributed by atoms with Gasteiger partial charge in [-0.3, -0.25) is 5.32 Å². The molecule has 1 rings (SSSR count). The van der Waals surface area contributed by atoms with E-state index in [2.05, 4.69) is 12.2 Å². The SMILES string of the molecule is CNC(O)OC1CCC(C)CC1. The molecular weight excluding hydrogens is 154 g/mol. The first-order valence-electron chi connectivity index (χ1n) is 4.73. The monoisotopic (exact) mass is 173 g/mol. The maximum absolute atomic E-state index is 9.14. The topological polar surface area (TPSA) is 41.5 Å². The summed E-state index contributed by atoms with van der Waals surface area (Å²) in [5, 5.41) is 11.8. The molecule has 1 aliphatic rings. The van der Waals surface area contributed by atoms with Crippen molar-refractivity contribution in [3.63, 3.8) is 0 Å². The van der Waals surface area contributed by atoms with Gasteiger partial charge in [0.2, 0.25) is 6.41 Å². The number of ether oxygens (including phenoxy) is 1. The summed E-state index contributed by atoms with van der Waals surface area (Å²) in [6.45, 7) is 2.27. The summed E-state index contributed by atoms with van der Waals surface area (Å²) < 4.78 is 5.33. The smallest absolute Gasteiger partial charge is 0.213 e. The van der Waals surface area contributed by atoms with E-state index in [1.54, 1.807) is 7.05 Å². The van der Waals surface area contributed by atoms with Crippen molar-refractivity contribution >= 4 is 0 Å². The van der Waals surface area contributed by atoms with E-state index in [9.17, 15) is 0 Å². The van der Waals surface area contributed by atoms with Gasteiger partial charge in [0.1, 0.15) is 0 Å². The van der Waals surface area contributed by atoms with Gasteiger partial charge in [-0.05, 0) is 38.6 Å². The number of aliphatic hydroxyl groups is 1. The average molecular weight is 173 g/mol. The van der Waals surface area contributed by atoms with Gasteiger partial charge < -0.3 is 9.84 Å². The molecule has 1 atom stereocenters. The fourth-order valence-electron chi connectivity index (χ4n) is 1.62. The van der Waals surface area contributed by atoms with Crippen molar-refractivity contribution in [2.45, 2.75) is 45.1 Å². The van der Waals surface area contributed by atoms with Crippen LogP contribution in [0.1, 0.15) is 32.6 Å². The van der Waals surface area contributed by atoms with Crippen LogP contribution < -0.4 is 5.32 Å². The Balaban J connectivity index is 2.17. The average Bonchev–Trinajstić information content (AvgIpc) is 2.09. The van der Waals surface area contributed by atoms with Crippen LogP contribution in [0.4, 0.5) is 0 Å². The molecule has 0 saturated heterocycles. The molecule has 0 aromatic heterocycles. The van der Waals surface area contributed by atoms with Gasteiger partial charge in [0, 0.05) is 0 Å². The third-order valence-corrected chi connectivity index (χ3v) is 2.53. The van der Waals surface area contributed by atoms with Crippen LogP contribution in [0.2, 0.25) is 0 Å². The number of hydrogen-bond donors (Lipinski definition) is 2. The van der Waals surface area contributed by atoms with E-state index in [-0.39, 0.29) is 6.10 Å². The molecule has 0 aliphatic heterocycles. The molecule has 0 aromatic rings. The molecule has 0 aromatic carbocycles. The van der Waals surface area contributed by atoms with Crippen molar-refractivity contribution in [1.82, 2.24) is 5.32 Å². The van der Waals surface area contributed by atoms with E-state index in [0.717, 1.165) is 18.8 Å². The Morgan fingerprint density at radius 2 is 1.92 bits per heavy atom. The molecule has 1 saturated carbocycles. The standard InChI is InChI=1S/C9H19NO2/c1-7-3-5-8(6-4-7)12-9(11)10-2/h7-11H,3-6H2,1-2H3. The second-order valence-electron chi connectivity index (χ2n) is 3.66. The van der Waals surface area contributed by atoms with E-state index < -0.39 is 6.41 Å². The first-order valence-corrected chi connectivity index (χ1v) is 4.73. The molecule has 0 amide bonds. The van der Waals surface area contributed by atoms with Gasteiger partial charge in [-0.25, -0.2) is 0 Å². The van der Waals surface area contributed by atoms with E-state index in [1.165, 1.54) is 12.8 Å². The molecular formula is C9H19NO2. The summed E-state index contributed by atoms with van der Waals surface area (Å²) in [4.78, 5) is 0. The first kappa shape index (κ1) is 9.96. The second-order valence-corrected chi connectivity index (χ2v) is 3.66. The highest BCUT2D eigenvalue weighted by atomic mass is 16.6. The molecule has 1 unspecified atom stereocenters. The van der Waals surface area contributed by atoms with Gasteiger partial charge in [0.05, 0.1) is 6.10 Å². The van der Waals surface area contributed by atoms with Crippen molar-refractivity contribution in [3.8, 4) is 0 Å². The maximum atomic E-state index is 9.14. The highest BCUT2D eigenvalue weighted by Crippen LogP contribution is 2.25. The Morgan fingerprint density at radius 1 is 1.33 bits per heavy atom. The minimum Gasteiger partial charge on any atom is -0.356 e. The zero-order valence-electron chi connectivity index (χ0n) is 7.92. The van der Waals surface area contributed by atoms with E-state index in [4.69, 9.17) is 9.84 Å². The maximum Gasteiger partial charge on any atom is 0.213 e. The van der Waals surface area contributed by atoms with Gasteiger partial charge in [-0.2, -0.15) is 0 Å². The lowest BCUT2D eigenvalue weighted by atomic mass is 9.89. The van der Waals surface area contributed by atoms with Crippen LogP contribution in [0, 0.1) is 5.92 Å². The highest BCUT2D eigenvalue weighted by molar-refractivity contribution is 4.69. The lowest BCUT2D eigenvalue weighted by molar-refractivity contribution is -0.159. The van der Waals surface area contributed by atoms with E-state index >= 15 is 0 Å². The molecule has 0 heterocycles. The van der Waals surface area contributed by atoms with Gasteiger partial charge in [-0.1, -0.05) is 6.92 Å². The Labute approximate surface area is 74.1 Å². The fourth-order valence-corrected chi connectivity index (χ4v) is 1.62. The largest absolute Gasteiger partial charge is 0.356 e. The third kappa shape index (κ3) is 3.09. The quantitative estimate of drug-likeness (QED) is 0.627. The molecule has 0 spiro atoms. The molecule has 72 valence electrons. The fraction of sp³-hybridized carbons (Fsp3) is 1.00. The normalized spacial score (nSPS) is 33.2. The molecule has 0 bridgehead atoms. The lowest BCUT2D eigenvalue weighted by Gasteiger charge is -2.27. The van der Waals surface area contributed by atoms with Crippen molar-refractivity contribution in [3.05, 3.63) is 0 Å². The number of hydrogen-bond acceptors (Lipinski definition) is 3. The predicted octanol–water partition coefficient (Wildman–Crippen LogP) is 1.08. The summed E-state index contributed by atoms with van der Waals surface area (Å²) in [7, 11) is 1.69. The minimum atomic E-state index is -0.789. The Hall–Kier alpha value is -0.120. The first-order chi connectivity index (χ1) is 5.72. The predicted molar refractivity (Wildman–Crippen MR) is 47.6 cm³/mol. The van der Waals surface area contributed by atoms with Crippen LogP contribution in [0.15, 0.2) is 0 Å². The molecule has 3 heteroatoms. The summed E-state index contributed by atoms with van der Waals surface area (Å²) in [5.74, 6) is 0.830. The van der Waals surface area contributed by atoms with Crippen molar-refractivity contribution in [1.29, 1.82) is 0 Å². The van der Waals surface area contributed by atoms with Crippen LogP contribution in [-0.2, 0) is 4.74 Å². The Bertz CT molecular complexity index is 122. The van der Waals surface area contributed by atoms with Crippen LogP contribution in [0.25, 0.3) is 0 Å². The van der Waals surface area contributed by atoms with Gasteiger partial charge in [-0.15, -0.1) is 0 Å². The van der Waals surface area contributed by atoms with Crippen LogP contribution in [0.5, 0.6) is 0 Å². The molecule has 12 heavy (non-hydrogen) atoms. The highest BCUT2D eigenvalue weighted by Gasteiger charge is 2.20. The molecule has 2 N–H and O–H groups in total. The van der Waals surface area contributed by atoms with Gasteiger partial charge >= 0.3 is 0 Å². The van der Waals surface area contributed by atoms with E-state index in [0.29, 0.717) is 0 Å². The summed E-state index contributed by atoms with van der Waals surface area (Å²) in [6.07, 6.45) is 4.08. The van der Waals surface area contributed by atoms with Crippen molar-refractivity contribution in [2.24, 2.45) is 5.92 Å². The number of nitrogens with one attached hydrogen (secondary N) is 1. The molecule has 0 radical (unpaired) electrons. The summed E-state index contributed by atoms with van der Waals surface area (Å²) in [5.41, 5.74) is 0. The lowest BCUT2D eigenvalue weighted by Crippen LogP contribution is -2.34.